The van der Waals surface area contributed by atoms with Gasteiger partial charge in [0.05, 0.1) is 11.4 Å². The van der Waals surface area contributed by atoms with Gasteiger partial charge in [0, 0.05) is 23.6 Å². The Morgan fingerprint density at radius 2 is 0.969 bits per heavy atom. The van der Waals surface area contributed by atoms with Crippen LogP contribution in [0.25, 0.3) is 0 Å². The summed E-state index contributed by atoms with van der Waals surface area (Å²) in [6.45, 7) is 8.28. The highest BCUT2D eigenvalue weighted by Crippen LogP contribution is 2.27. The summed E-state index contributed by atoms with van der Waals surface area (Å²) in [4.78, 5) is 9.06. The zero-order valence-electron chi connectivity index (χ0n) is 19.4. The molecule has 0 atom stereocenters. The maximum Gasteiger partial charge on any atom is 0.127 e. The van der Waals surface area contributed by atoms with Crippen molar-refractivity contribution in [1.82, 2.24) is 0 Å². The van der Waals surface area contributed by atoms with Crippen LogP contribution >= 0.6 is 0 Å². The average molecular weight is 429 g/mol. The van der Waals surface area contributed by atoms with Crippen LogP contribution < -0.4 is 0 Å². The molecule has 2 N–H and O–H groups in total. The Morgan fingerprint density at radius 3 is 1.28 bits per heavy atom. The fraction of sp³-hybridized carbons (Fsp3) is 0.286. The van der Waals surface area contributed by atoms with Crippen molar-refractivity contribution in [1.29, 1.82) is 0 Å². The van der Waals surface area contributed by atoms with Crippen molar-refractivity contribution < 1.29 is 10.2 Å². The Hall–Kier alpha value is -3.40. The maximum absolute atomic E-state index is 10.5. The number of hydrogen-bond acceptors (Lipinski definition) is 4. The Kier molecular flexibility index (Phi) is 7.82. The van der Waals surface area contributed by atoms with E-state index in [1.54, 1.807) is 12.4 Å². The van der Waals surface area contributed by atoms with Crippen LogP contribution in [-0.4, -0.2) is 22.6 Å². The van der Waals surface area contributed by atoms with Gasteiger partial charge in [0.2, 0.25) is 0 Å². The lowest BCUT2D eigenvalue weighted by molar-refractivity contribution is 0.467. The van der Waals surface area contributed by atoms with Crippen LogP contribution in [0, 0.1) is 0 Å². The largest absolute Gasteiger partial charge is 0.507 e. The van der Waals surface area contributed by atoms with Crippen molar-refractivity contribution in [2.45, 2.75) is 53.4 Å². The van der Waals surface area contributed by atoms with Gasteiger partial charge in [-0.15, -0.1) is 0 Å². The summed E-state index contributed by atoms with van der Waals surface area (Å²) in [5, 5.41) is 21.0. The summed E-state index contributed by atoms with van der Waals surface area (Å²) in [5.74, 6) is 0.602. The molecule has 0 unspecified atom stereocenters. The van der Waals surface area contributed by atoms with Gasteiger partial charge in [-0.3, -0.25) is 9.98 Å². The second kappa shape index (κ2) is 10.8. The lowest BCUT2D eigenvalue weighted by atomic mass is 10.0. The number of nitrogens with zero attached hydrogens (tertiary/aromatic N) is 2. The average Bonchev–Trinajstić information content (AvgIpc) is 2.83. The Balaban J connectivity index is 1.79. The highest BCUT2D eigenvalue weighted by molar-refractivity contribution is 5.87. The number of rotatable bonds is 8. The molecule has 166 valence electrons. The van der Waals surface area contributed by atoms with E-state index in [4.69, 9.17) is 0 Å². The molecule has 3 rings (SSSR count). The van der Waals surface area contributed by atoms with Gasteiger partial charge in [0.15, 0.2) is 0 Å². The number of phenols is 2. The molecule has 0 radical (unpaired) electrons. The monoisotopic (exact) mass is 428 g/mol. The quantitative estimate of drug-likeness (QED) is 0.385. The first-order valence-electron chi connectivity index (χ1n) is 11.4. The highest BCUT2D eigenvalue weighted by atomic mass is 16.3. The number of aliphatic imine (C=N–C) groups is 2. The van der Waals surface area contributed by atoms with Crippen LogP contribution in [0.5, 0.6) is 11.5 Å². The Bertz CT molecular complexity index is 1040. The molecule has 3 aromatic carbocycles. The molecule has 4 nitrogen and oxygen atoms in total. The van der Waals surface area contributed by atoms with E-state index in [1.165, 1.54) is 11.1 Å². The third-order valence-corrected chi connectivity index (χ3v) is 5.69. The van der Waals surface area contributed by atoms with E-state index in [1.807, 2.05) is 50.2 Å². The first-order chi connectivity index (χ1) is 15.5. The molecule has 0 saturated heterocycles. The summed E-state index contributed by atoms with van der Waals surface area (Å²) in [6, 6.07) is 15.6. The summed E-state index contributed by atoms with van der Waals surface area (Å²) >= 11 is 0. The SMILES string of the molecule is CCc1cc(C=Nc2ccc(N=Cc3cc(CC)cc(CC)c3O)cc2)c(O)c(CC)c1. The fourth-order valence-corrected chi connectivity index (χ4v) is 3.63. The van der Waals surface area contributed by atoms with Crippen LogP contribution in [0.4, 0.5) is 11.4 Å². The molecule has 0 aliphatic rings. The van der Waals surface area contributed by atoms with Crippen LogP contribution in [0.3, 0.4) is 0 Å². The van der Waals surface area contributed by atoms with Crippen molar-refractivity contribution in [3.8, 4) is 11.5 Å². The van der Waals surface area contributed by atoms with Gasteiger partial charge in [0.25, 0.3) is 0 Å². The van der Waals surface area contributed by atoms with E-state index in [0.29, 0.717) is 11.5 Å². The van der Waals surface area contributed by atoms with E-state index in [-0.39, 0.29) is 0 Å². The molecule has 0 aliphatic heterocycles. The van der Waals surface area contributed by atoms with Gasteiger partial charge in [0.1, 0.15) is 11.5 Å². The van der Waals surface area contributed by atoms with Gasteiger partial charge >= 0.3 is 0 Å². The van der Waals surface area contributed by atoms with E-state index < -0.39 is 0 Å². The highest BCUT2D eigenvalue weighted by Gasteiger charge is 2.08. The predicted molar refractivity (Wildman–Crippen MR) is 135 cm³/mol. The minimum absolute atomic E-state index is 0.301. The summed E-state index contributed by atoms with van der Waals surface area (Å²) in [7, 11) is 0. The molecule has 32 heavy (non-hydrogen) atoms. The molecule has 0 aliphatic carbocycles. The van der Waals surface area contributed by atoms with Gasteiger partial charge in [-0.2, -0.15) is 0 Å². The molecule has 0 aromatic heterocycles. The third kappa shape index (κ3) is 5.44. The van der Waals surface area contributed by atoms with Crippen LogP contribution in [0.1, 0.15) is 61.1 Å². The van der Waals surface area contributed by atoms with Crippen LogP contribution in [0.15, 0.2) is 58.5 Å². The van der Waals surface area contributed by atoms with Gasteiger partial charge in [-0.25, -0.2) is 0 Å². The lowest BCUT2D eigenvalue weighted by Gasteiger charge is -2.08. The second-order valence-corrected chi connectivity index (χ2v) is 7.83. The zero-order chi connectivity index (χ0) is 23.1. The van der Waals surface area contributed by atoms with Crippen molar-refractivity contribution in [2.24, 2.45) is 9.98 Å². The maximum atomic E-state index is 10.5. The molecule has 4 heteroatoms. The molecule has 0 bridgehead atoms. The van der Waals surface area contributed by atoms with Crippen LogP contribution in [0.2, 0.25) is 0 Å². The smallest absolute Gasteiger partial charge is 0.127 e. The number of aryl methyl sites for hydroxylation is 4. The molecular formula is C28H32N2O2. The minimum Gasteiger partial charge on any atom is -0.507 e. The predicted octanol–water partition coefficient (Wildman–Crippen LogP) is 6.85. The Labute approximate surface area is 191 Å². The lowest BCUT2D eigenvalue weighted by Crippen LogP contribution is -1.93. The van der Waals surface area contributed by atoms with Crippen molar-refractivity contribution in [3.05, 3.63) is 81.9 Å². The van der Waals surface area contributed by atoms with Crippen LogP contribution in [-0.2, 0) is 25.7 Å². The van der Waals surface area contributed by atoms with Gasteiger partial charge < -0.3 is 10.2 Å². The van der Waals surface area contributed by atoms with E-state index in [9.17, 15) is 10.2 Å². The van der Waals surface area contributed by atoms with Crippen molar-refractivity contribution >= 4 is 23.8 Å². The summed E-state index contributed by atoms with van der Waals surface area (Å²) in [6.07, 6.45) is 6.82. The molecule has 3 aromatic rings. The minimum atomic E-state index is 0.301. The standard InChI is InChI=1S/C28H32N2O2/c1-5-19-13-21(7-3)27(31)23(15-19)17-29-25-9-11-26(12-10-25)30-18-24-16-20(6-2)14-22(8-4)28(24)32/h9-18,31-32H,5-8H2,1-4H3. The molecule has 0 fully saturated rings. The number of aromatic hydroxyl groups is 2. The summed E-state index contributed by atoms with van der Waals surface area (Å²) < 4.78 is 0. The molecular weight excluding hydrogens is 396 g/mol. The normalized spacial score (nSPS) is 11.6. The topological polar surface area (TPSA) is 65.2 Å². The van der Waals surface area contributed by atoms with Gasteiger partial charge in [-0.1, -0.05) is 39.8 Å². The number of phenolic OH excluding ortho intramolecular Hbond substituents is 2. The van der Waals surface area contributed by atoms with Crippen molar-refractivity contribution in [3.63, 3.8) is 0 Å². The van der Waals surface area contributed by atoms with Crippen molar-refractivity contribution in [2.75, 3.05) is 0 Å². The number of hydrogen-bond donors (Lipinski definition) is 2. The van der Waals surface area contributed by atoms with E-state index >= 15 is 0 Å². The molecule has 0 saturated carbocycles. The van der Waals surface area contributed by atoms with E-state index in [0.717, 1.165) is 59.3 Å². The molecule has 0 spiro atoms. The van der Waals surface area contributed by atoms with E-state index in [2.05, 4.69) is 36.0 Å². The zero-order valence-corrected chi connectivity index (χ0v) is 19.4. The number of benzene rings is 3. The third-order valence-electron chi connectivity index (χ3n) is 5.69. The fourth-order valence-electron chi connectivity index (χ4n) is 3.63. The first-order valence-corrected chi connectivity index (χ1v) is 11.4. The second-order valence-electron chi connectivity index (χ2n) is 7.83. The molecule has 0 amide bonds. The van der Waals surface area contributed by atoms with Gasteiger partial charge in [-0.05, 0) is 84.3 Å². The summed E-state index contributed by atoms with van der Waals surface area (Å²) in [5.41, 5.74) is 7.30. The molecule has 0 heterocycles. The Morgan fingerprint density at radius 1 is 0.594 bits per heavy atom. The first kappa shape index (κ1) is 23.3.